The fraction of sp³-hybridized carbons (Fsp3) is 0.318. The van der Waals surface area contributed by atoms with Crippen LogP contribution in [-0.4, -0.2) is 53.4 Å². The van der Waals surface area contributed by atoms with Crippen LogP contribution >= 0.6 is 0 Å². The van der Waals surface area contributed by atoms with E-state index < -0.39 is 0 Å². The number of amides is 1. The van der Waals surface area contributed by atoms with Crippen LogP contribution in [0.2, 0.25) is 0 Å². The van der Waals surface area contributed by atoms with Crippen molar-refractivity contribution in [2.24, 2.45) is 0 Å². The molecule has 0 radical (unpaired) electrons. The summed E-state index contributed by atoms with van der Waals surface area (Å²) in [5.41, 5.74) is 3.12. The van der Waals surface area contributed by atoms with Gasteiger partial charge in [0.2, 0.25) is 0 Å². The second-order valence-corrected chi connectivity index (χ2v) is 6.99. The molecule has 2 aromatic carbocycles. The van der Waals surface area contributed by atoms with E-state index in [1.54, 1.807) is 0 Å². The van der Waals surface area contributed by atoms with Gasteiger partial charge in [0.15, 0.2) is 0 Å². The highest BCUT2D eigenvalue weighted by molar-refractivity contribution is 5.98. The first-order valence-corrected chi connectivity index (χ1v) is 9.43. The third kappa shape index (κ3) is 3.81. The molecule has 1 fully saturated rings. The van der Waals surface area contributed by atoms with E-state index in [1.807, 2.05) is 35.2 Å². The summed E-state index contributed by atoms with van der Waals surface area (Å²) in [6.07, 6.45) is 2.29. The molecule has 2 heterocycles. The molecule has 3 aromatic rings. The quantitative estimate of drug-likeness (QED) is 0.766. The zero-order valence-electron chi connectivity index (χ0n) is 15.0. The van der Waals surface area contributed by atoms with Crippen molar-refractivity contribution in [3.8, 4) is 0 Å². The summed E-state index contributed by atoms with van der Waals surface area (Å²) in [6.45, 7) is 4.63. The van der Waals surface area contributed by atoms with E-state index in [1.165, 1.54) is 12.0 Å². The number of H-pyrrole nitrogens is 1. The number of rotatable bonds is 5. The van der Waals surface area contributed by atoms with Gasteiger partial charge in [0, 0.05) is 37.1 Å². The maximum atomic E-state index is 12.8. The molecule has 0 saturated carbocycles. The highest BCUT2D eigenvalue weighted by atomic mass is 16.2. The molecule has 26 heavy (non-hydrogen) atoms. The third-order valence-corrected chi connectivity index (χ3v) is 5.20. The molecule has 4 nitrogen and oxygen atoms in total. The molecule has 0 bridgehead atoms. The Hall–Kier alpha value is -2.59. The van der Waals surface area contributed by atoms with Gasteiger partial charge >= 0.3 is 0 Å². The fourth-order valence-electron chi connectivity index (χ4n) is 3.68. The van der Waals surface area contributed by atoms with Crippen molar-refractivity contribution >= 4 is 16.8 Å². The van der Waals surface area contributed by atoms with Gasteiger partial charge in [-0.25, -0.2) is 0 Å². The molecular formula is C22H25N3O. The number of carbonyl (C=O) groups excluding carboxylic acids is 1. The van der Waals surface area contributed by atoms with Crippen LogP contribution in [-0.2, 0) is 6.42 Å². The molecule has 1 aromatic heterocycles. The van der Waals surface area contributed by atoms with E-state index in [2.05, 4.69) is 40.2 Å². The average molecular weight is 347 g/mol. The average Bonchev–Trinajstić information content (AvgIpc) is 3.13. The number of aromatic nitrogens is 1. The maximum Gasteiger partial charge on any atom is 0.270 e. The smallest absolute Gasteiger partial charge is 0.270 e. The minimum absolute atomic E-state index is 0.116. The lowest BCUT2D eigenvalue weighted by Gasteiger charge is -2.34. The number of nitrogens with zero attached hydrogens (tertiary/aromatic N) is 2. The van der Waals surface area contributed by atoms with E-state index in [9.17, 15) is 4.79 Å². The van der Waals surface area contributed by atoms with Gasteiger partial charge in [-0.3, -0.25) is 9.69 Å². The van der Waals surface area contributed by atoms with Gasteiger partial charge in [0.25, 0.3) is 5.91 Å². The topological polar surface area (TPSA) is 39.3 Å². The Kier molecular flexibility index (Phi) is 5.02. The molecule has 1 aliphatic heterocycles. The summed E-state index contributed by atoms with van der Waals surface area (Å²) in [6, 6.07) is 20.6. The van der Waals surface area contributed by atoms with Crippen molar-refractivity contribution in [3.63, 3.8) is 0 Å². The summed E-state index contributed by atoms with van der Waals surface area (Å²) < 4.78 is 0. The normalized spacial score (nSPS) is 15.5. The minimum atomic E-state index is 0.116. The van der Waals surface area contributed by atoms with E-state index in [0.717, 1.165) is 50.0 Å². The zero-order valence-corrected chi connectivity index (χ0v) is 15.0. The predicted octanol–water partition coefficient (Wildman–Crippen LogP) is 3.56. The van der Waals surface area contributed by atoms with Crippen LogP contribution in [0.25, 0.3) is 10.9 Å². The Labute approximate surface area is 154 Å². The number of benzene rings is 2. The second kappa shape index (κ2) is 7.75. The molecular weight excluding hydrogens is 322 g/mol. The number of piperazine rings is 1. The Balaban J connectivity index is 1.27. The summed E-state index contributed by atoms with van der Waals surface area (Å²) in [5.74, 6) is 0.116. The van der Waals surface area contributed by atoms with Crippen molar-refractivity contribution in [2.75, 3.05) is 32.7 Å². The summed E-state index contributed by atoms with van der Waals surface area (Å²) in [5, 5.41) is 1.09. The molecule has 1 aliphatic rings. The molecule has 4 heteroatoms. The highest BCUT2D eigenvalue weighted by Gasteiger charge is 2.22. The minimum Gasteiger partial charge on any atom is -0.351 e. The van der Waals surface area contributed by atoms with Crippen LogP contribution in [0.4, 0.5) is 0 Å². The number of carbonyl (C=O) groups is 1. The van der Waals surface area contributed by atoms with E-state index in [4.69, 9.17) is 0 Å². The Morgan fingerprint density at radius 3 is 2.42 bits per heavy atom. The first-order valence-electron chi connectivity index (χ1n) is 9.43. The van der Waals surface area contributed by atoms with E-state index in [-0.39, 0.29) is 5.91 Å². The summed E-state index contributed by atoms with van der Waals surface area (Å²) in [7, 11) is 0. The summed E-state index contributed by atoms with van der Waals surface area (Å²) in [4.78, 5) is 20.4. The Morgan fingerprint density at radius 2 is 1.65 bits per heavy atom. The molecule has 0 spiro atoms. The number of aryl methyl sites for hydroxylation is 1. The van der Waals surface area contributed by atoms with Gasteiger partial charge in [-0.2, -0.15) is 0 Å². The molecule has 1 N–H and O–H groups in total. The fourth-order valence-corrected chi connectivity index (χ4v) is 3.68. The van der Waals surface area contributed by atoms with Gasteiger partial charge in [-0.15, -0.1) is 0 Å². The number of hydrogen-bond acceptors (Lipinski definition) is 2. The largest absolute Gasteiger partial charge is 0.351 e. The SMILES string of the molecule is O=C(c1cc2ccccc2[nH]1)N1CCN(CCCc2ccccc2)CC1. The van der Waals surface area contributed by atoms with Gasteiger partial charge in [0.05, 0.1) is 0 Å². The van der Waals surface area contributed by atoms with Crippen LogP contribution in [0, 0.1) is 0 Å². The van der Waals surface area contributed by atoms with Crippen LogP contribution in [0.3, 0.4) is 0 Å². The third-order valence-electron chi connectivity index (χ3n) is 5.20. The standard InChI is InChI=1S/C22H25N3O/c26-22(21-17-19-10-4-5-11-20(19)23-21)25-15-13-24(14-16-25)12-6-9-18-7-2-1-3-8-18/h1-5,7-8,10-11,17,23H,6,9,12-16H2. The predicted molar refractivity (Wildman–Crippen MR) is 105 cm³/mol. The number of aromatic amines is 1. The van der Waals surface area contributed by atoms with Gasteiger partial charge in [-0.1, -0.05) is 48.5 Å². The lowest BCUT2D eigenvalue weighted by Crippen LogP contribution is -2.49. The van der Waals surface area contributed by atoms with Crippen molar-refractivity contribution in [1.82, 2.24) is 14.8 Å². The van der Waals surface area contributed by atoms with Crippen molar-refractivity contribution < 1.29 is 4.79 Å². The van der Waals surface area contributed by atoms with E-state index in [0.29, 0.717) is 5.69 Å². The van der Waals surface area contributed by atoms with Crippen LogP contribution < -0.4 is 0 Å². The Morgan fingerprint density at radius 1 is 0.923 bits per heavy atom. The molecule has 0 aliphatic carbocycles. The number of fused-ring (bicyclic) bond motifs is 1. The molecule has 1 saturated heterocycles. The molecule has 4 rings (SSSR count). The first kappa shape index (κ1) is 16.9. The first-order chi connectivity index (χ1) is 12.8. The van der Waals surface area contributed by atoms with Gasteiger partial charge < -0.3 is 9.88 Å². The monoisotopic (exact) mass is 347 g/mol. The number of para-hydroxylation sites is 1. The van der Waals surface area contributed by atoms with Crippen molar-refractivity contribution in [1.29, 1.82) is 0 Å². The van der Waals surface area contributed by atoms with Gasteiger partial charge in [-0.05, 0) is 37.1 Å². The molecule has 0 unspecified atom stereocenters. The van der Waals surface area contributed by atoms with Crippen molar-refractivity contribution in [3.05, 3.63) is 71.9 Å². The molecule has 134 valence electrons. The van der Waals surface area contributed by atoms with Gasteiger partial charge in [0.1, 0.15) is 5.69 Å². The van der Waals surface area contributed by atoms with Crippen LogP contribution in [0.1, 0.15) is 22.5 Å². The number of hydrogen-bond donors (Lipinski definition) is 1. The van der Waals surface area contributed by atoms with Crippen LogP contribution in [0.5, 0.6) is 0 Å². The highest BCUT2D eigenvalue weighted by Crippen LogP contribution is 2.17. The zero-order chi connectivity index (χ0) is 17.8. The lowest BCUT2D eigenvalue weighted by molar-refractivity contribution is 0.0631. The Bertz CT molecular complexity index is 830. The molecule has 1 amide bonds. The molecule has 0 atom stereocenters. The second-order valence-electron chi connectivity index (χ2n) is 6.99. The lowest BCUT2D eigenvalue weighted by atomic mass is 10.1. The van der Waals surface area contributed by atoms with Crippen LogP contribution in [0.15, 0.2) is 60.7 Å². The van der Waals surface area contributed by atoms with E-state index >= 15 is 0 Å². The number of nitrogens with one attached hydrogen (secondary N) is 1. The maximum absolute atomic E-state index is 12.8. The van der Waals surface area contributed by atoms with Crippen molar-refractivity contribution in [2.45, 2.75) is 12.8 Å². The summed E-state index contributed by atoms with van der Waals surface area (Å²) >= 11 is 0.